The first-order chi connectivity index (χ1) is 40.2. The molecular weight excluding hydrogens is 1170 g/mol. The average molecular weight is 1250 g/mol. The number of aliphatic hydroxyl groups excluding tert-OH is 17. The van der Waals surface area contributed by atoms with Gasteiger partial charge in [-0.1, -0.05) is 0 Å². The Hall–Kier alpha value is -3.03. The second-order valence-electron chi connectivity index (χ2n) is 21.9. The molecular formula is C47H79N3O35. The zero-order valence-corrected chi connectivity index (χ0v) is 45.8. The first-order valence-electron chi connectivity index (χ1n) is 27.1. The first-order valence-corrected chi connectivity index (χ1v) is 27.1. The number of carbonyl (C=O) groups excluding carboxylic acids is 2. The van der Waals surface area contributed by atoms with Gasteiger partial charge < -0.3 is 169 Å². The number of ether oxygens (including phenoxy) is 13. The van der Waals surface area contributed by atoms with Crippen LogP contribution in [0.3, 0.4) is 0 Å². The summed E-state index contributed by atoms with van der Waals surface area (Å²) in [6.07, 6.45) is -60.1. The largest absolute Gasteiger partial charge is 0.481 e. The molecule has 38 heteroatoms. The second kappa shape index (κ2) is 30.2. The smallest absolute Gasteiger partial charge is 0.408 e. The molecule has 0 aliphatic carbocycles. The number of amides is 1. The molecule has 16 aliphatic rings. The van der Waals surface area contributed by atoms with Gasteiger partial charge in [-0.15, -0.1) is 0 Å². The van der Waals surface area contributed by atoms with E-state index >= 15 is 0 Å². The molecule has 21 N–H and O–H groups in total. The SMILES string of the molecule is CC(C)(C)OC(=O)N[C@@H](CC(=O)O)C(=O)ONCCN[C@H]1[C@H]2O[C@H]3[C@H](O)[C@@H](O)[C@@H](O[C@H]4[C@H](O)[C@@H](O)[C@@H](O[C@H]5[C@H](O)[C@@H](O)[C@@H](O[C@H]6[C@H](O)[C@@H](O)[C@@H](O[C@H]7[C@H](O)[C@@H](O)[C@@H](O[C@@H]([C@@H]1O)[C@@H](CO)O2)O[C@@H]7CO)O[C@@H]6CO)O[C@@H]5CO)O[C@@H]4CO)O[C@@H]3CO. The molecule has 0 aromatic rings. The number of aliphatic carboxylic acids is 1. The Morgan fingerprint density at radius 1 is 0.412 bits per heavy atom. The quantitative estimate of drug-likeness (QED) is 0.0535. The van der Waals surface area contributed by atoms with E-state index in [0.717, 1.165) is 0 Å². The predicted octanol–water partition coefficient (Wildman–Crippen LogP) is -13.0. The molecule has 16 heterocycles. The van der Waals surface area contributed by atoms with Gasteiger partial charge in [0.25, 0.3) is 0 Å². The number of carboxylic acid groups (broad SMARTS) is 1. The van der Waals surface area contributed by atoms with Crippen LogP contribution in [0, 0.1) is 0 Å². The molecule has 1 amide bonds. The van der Waals surface area contributed by atoms with Crippen LogP contribution < -0.4 is 16.1 Å². The van der Waals surface area contributed by atoms with Crippen molar-refractivity contribution < 1.29 is 173 Å². The monoisotopic (exact) mass is 1250 g/mol. The van der Waals surface area contributed by atoms with Gasteiger partial charge in [0.1, 0.15) is 152 Å². The molecule has 0 aromatic carbocycles. The van der Waals surface area contributed by atoms with Crippen molar-refractivity contribution in [2.75, 3.05) is 52.7 Å². The van der Waals surface area contributed by atoms with Gasteiger partial charge >= 0.3 is 18.0 Å². The summed E-state index contributed by atoms with van der Waals surface area (Å²) < 4.78 is 74.8. The molecule has 38 nitrogen and oxygen atoms in total. The third-order valence-corrected chi connectivity index (χ3v) is 14.8. The first kappa shape index (κ1) is 69.4. The highest BCUT2D eigenvalue weighted by Crippen LogP contribution is 2.38. The van der Waals surface area contributed by atoms with Gasteiger partial charge in [-0.3, -0.25) is 4.79 Å². The predicted molar refractivity (Wildman–Crippen MR) is 261 cm³/mol. The van der Waals surface area contributed by atoms with Gasteiger partial charge in [0.2, 0.25) is 0 Å². The lowest BCUT2D eigenvalue weighted by Crippen LogP contribution is -2.70. The molecule has 16 saturated heterocycles. The Bertz CT molecular complexity index is 2120. The molecule has 0 radical (unpaired) electrons. The highest BCUT2D eigenvalue weighted by molar-refractivity contribution is 5.85. The van der Waals surface area contributed by atoms with Crippen molar-refractivity contribution in [2.45, 2.75) is 223 Å². The third kappa shape index (κ3) is 15.9. The van der Waals surface area contributed by atoms with Crippen molar-refractivity contribution in [1.29, 1.82) is 0 Å². The fourth-order valence-corrected chi connectivity index (χ4v) is 10.5. The fourth-order valence-electron chi connectivity index (χ4n) is 10.5. The van der Waals surface area contributed by atoms with E-state index in [1.807, 2.05) is 0 Å². The van der Waals surface area contributed by atoms with Crippen LogP contribution in [0.25, 0.3) is 0 Å². The van der Waals surface area contributed by atoms with E-state index < -0.39 is 273 Å². The fraction of sp³-hybridized carbons (Fsp3) is 0.936. The van der Waals surface area contributed by atoms with Crippen LogP contribution in [0.4, 0.5) is 4.79 Å². The Morgan fingerprint density at radius 3 is 0.976 bits per heavy atom. The Labute approximate surface area is 481 Å². The number of rotatable bonds is 15. The van der Waals surface area contributed by atoms with Crippen LogP contribution >= 0.6 is 0 Å². The summed E-state index contributed by atoms with van der Waals surface area (Å²) in [6.45, 7) is -2.61. The molecule has 0 spiro atoms. The Kier molecular flexibility index (Phi) is 24.7. The van der Waals surface area contributed by atoms with Crippen molar-refractivity contribution in [1.82, 2.24) is 16.1 Å². The van der Waals surface area contributed by atoms with E-state index in [-0.39, 0.29) is 0 Å². The van der Waals surface area contributed by atoms with Crippen LogP contribution in [-0.4, -0.2) is 358 Å². The summed E-state index contributed by atoms with van der Waals surface area (Å²) in [5, 5.41) is 204. The molecule has 0 saturated carbocycles. The summed E-state index contributed by atoms with van der Waals surface area (Å²) in [5.74, 6) is -2.81. The maximum atomic E-state index is 13.0. The van der Waals surface area contributed by atoms with Crippen LogP contribution in [-0.2, 0) is 76.0 Å². The molecule has 16 rings (SSSR count). The van der Waals surface area contributed by atoms with Crippen molar-refractivity contribution in [3.63, 3.8) is 0 Å². The standard InChI is InChI=1S/C47H79N3O35/c1-47(2,3)84-46(71)50-13(6-20(57)58)39(70)85-49-5-4-48-21-22(59)33-14(7-51)72-40(21)78-34-15(8-52)73-42(28(65)23(34)60)80-36-17(10-54)75-44(30(67)25(36)62)82-38-19(12-56)77-45(32(69)27(38)64)83-37-18(11-55)76-43(31(68)26(37)63)81-35-16(9-53)74-41(79-33)29(66)24(35)61/h13-19,21-38,40-45,48-49,51-56,59-69H,4-12H2,1-3H3,(H,50,71)(H,57,58)/t13-,14+,15+,16+,17+,18+,19+,21+,22+,23+,24+,25+,26+,27+,28+,29+,30+,31+,32+,33+,34+,35+,36+,37+,38+,40+,41+,42+,43+,44+,45+/m0/s1. The van der Waals surface area contributed by atoms with Crippen molar-refractivity contribution in [3.8, 4) is 0 Å². The molecule has 85 heavy (non-hydrogen) atoms. The molecule has 16 aliphatic heterocycles. The van der Waals surface area contributed by atoms with Crippen LogP contribution in [0.15, 0.2) is 0 Å². The number of carboxylic acids is 1. The summed E-state index contributed by atoms with van der Waals surface area (Å²) >= 11 is 0. The lowest BCUT2D eigenvalue weighted by atomic mass is 9.94. The molecule has 492 valence electrons. The van der Waals surface area contributed by atoms with Crippen LogP contribution in [0.5, 0.6) is 0 Å². The third-order valence-electron chi connectivity index (χ3n) is 14.8. The van der Waals surface area contributed by atoms with Gasteiger partial charge in [0.15, 0.2) is 37.7 Å². The second-order valence-corrected chi connectivity index (χ2v) is 21.9. The number of aliphatic hydroxyl groups is 17. The molecule has 31 atom stereocenters. The van der Waals surface area contributed by atoms with Gasteiger partial charge in [-0.25, -0.2) is 9.59 Å². The van der Waals surface area contributed by atoms with Crippen molar-refractivity contribution in [3.05, 3.63) is 0 Å². The summed E-state index contributed by atoms with van der Waals surface area (Å²) in [7, 11) is 0. The zero-order valence-electron chi connectivity index (χ0n) is 45.8. The Morgan fingerprint density at radius 2 is 0.694 bits per heavy atom. The minimum Gasteiger partial charge on any atom is -0.481 e. The summed E-state index contributed by atoms with van der Waals surface area (Å²) in [4.78, 5) is 41.9. The van der Waals surface area contributed by atoms with Crippen LogP contribution in [0.1, 0.15) is 27.2 Å². The van der Waals surface area contributed by atoms with E-state index in [9.17, 15) is 106 Å². The number of carbonyl (C=O) groups is 3. The lowest BCUT2D eigenvalue weighted by Gasteiger charge is -2.51. The summed E-state index contributed by atoms with van der Waals surface area (Å²) in [6, 6.07) is -3.46. The summed E-state index contributed by atoms with van der Waals surface area (Å²) in [5.41, 5.74) is 1.20. The van der Waals surface area contributed by atoms with Gasteiger partial charge in [0, 0.05) is 13.1 Å². The van der Waals surface area contributed by atoms with Gasteiger partial charge in [0.05, 0.1) is 52.1 Å². The van der Waals surface area contributed by atoms with Crippen molar-refractivity contribution in [2.24, 2.45) is 0 Å². The van der Waals surface area contributed by atoms with Crippen molar-refractivity contribution >= 4 is 18.0 Å². The molecule has 0 unspecified atom stereocenters. The van der Waals surface area contributed by atoms with Crippen LogP contribution in [0.2, 0.25) is 0 Å². The van der Waals surface area contributed by atoms with E-state index in [1.165, 1.54) is 20.8 Å². The molecule has 16 fully saturated rings. The number of alkyl carbamates (subject to hydrolysis) is 1. The Balaban J connectivity index is 1.18. The number of hydrogen-bond donors (Lipinski definition) is 21. The topological polar surface area (TPSA) is 581 Å². The maximum Gasteiger partial charge on any atom is 0.408 e. The minimum absolute atomic E-state index is 0.403. The normalized spacial score (nSPS) is 46.0. The average Bonchev–Trinajstić information content (AvgIpc) is 1.68. The van der Waals surface area contributed by atoms with Gasteiger partial charge in [-0.05, 0) is 20.8 Å². The maximum absolute atomic E-state index is 13.0. The number of hydrogen-bond acceptors (Lipinski definition) is 36. The molecule has 0 aromatic heterocycles. The van der Waals surface area contributed by atoms with Gasteiger partial charge in [-0.2, -0.15) is 5.48 Å². The minimum atomic E-state index is -2.23. The highest BCUT2D eigenvalue weighted by atomic mass is 16.8. The highest BCUT2D eigenvalue weighted by Gasteiger charge is 2.59. The zero-order chi connectivity index (χ0) is 62.5. The van der Waals surface area contributed by atoms with E-state index in [0.29, 0.717) is 0 Å². The number of hydroxylamine groups is 1. The molecule has 12 bridgehead atoms. The lowest BCUT2D eigenvalue weighted by molar-refractivity contribution is -0.401. The van der Waals surface area contributed by atoms with E-state index in [1.54, 1.807) is 0 Å². The number of nitrogens with one attached hydrogen (secondary N) is 3. The van der Waals surface area contributed by atoms with E-state index in [2.05, 4.69) is 16.1 Å². The van der Waals surface area contributed by atoms with E-state index in [4.69, 9.17) is 66.4 Å².